The minimum absolute atomic E-state index is 0.725. The van der Waals surface area contributed by atoms with Crippen molar-refractivity contribution in [3.8, 4) is 0 Å². The zero-order valence-electron chi connectivity index (χ0n) is 12.5. The highest BCUT2D eigenvalue weighted by Crippen LogP contribution is 2.24. The van der Waals surface area contributed by atoms with Gasteiger partial charge in [0.05, 0.1) is 15.9 Å². The predicted molar refractivity (Wildman–Crippen MR) is 82.2 cm³/mol. The van der Waals surface area contributed by atoms with Crippen LogP contribution in [0.2, 0.25) is 0 Å². The summed E-state index contributed by atoms with van der Waals surface area (Å²) >= 11 is 3.66. The van der Waals surface area contributed by atoms with Crippen molar-refractivity contribution in [2.75, 3.05) is 26.2 Å². The van der Waals surface area contributed by atoms with Gasteiger partial charge >= 0.3 is 0 Å². The Bertz CT molecular complexity index is 425. The molecule has 0 saturated carbocycles. The fraction of sp³-hybridized carbons (Fsp3) is 0.786. The van der Waals surface area contributed by atoms with E-state index in [2.05, 4.69) is 51.6 Å². The van der Waals surface area contributed by atoms with E-state index >= 15 is 0 Å². The van der Waals surface area contributed by atoms with Gasteiger partial charge in [0.2, 0.25) is 0 Å². The third-order valence-electron chi connectivity index (χ3n) is 4.21. The summed E-state index contributed by atoms with van der Waals surface area (Å²) in [5, 5.41) is 4.47. The molecule has 1 fully saturated rings. The molecule has 0 radical (unpaired) electrons. The van der Waals surface area contributed by atoms with E-state index in [0.29, 0.717) is 0 Å². The normalized spacial score (nSPS) is 20.6. The number of hydrogen-bond donors (Lipinski definition) is 0. The first-order valence-electron chi connectivity index (χ1n) is 7.21. The zero-order valence-corrected chi connectivity index (χ0v) is 14.1. The molecule has 0 amide bonds. The number of likely N-dealkylation sites (tertiary alicyclic amines) is 1. The Balaban J connectivity index is 1.98. The van der Waals surface area contributed by atoms with Crippen LogP contribution >= 0.6 is 15.9 Å². The van der Waals surface area contributed by atoms with Crippen molar-refractivity contribution >= 4 is 15.9 Å². The maximum absolute atomic E-state index is 4.47. The summed E-state index contributed by atoms with van der Waals surface area (Å²) < 4.78 is 3.17. The van der Waals surface area contributed by atoms with E-state index in [4.69, 9.17) is 0 Å². The summed E-state index contributed by atoms with van der Waals surface area (Å²) in [6, 6.07) is 0.725. The van der Waals surface area contributed by atoms with E-state index < -0.39 is 0 Å². The first-order valence-corrected chi connectivity index (χ1v) is 8.00. The molecule has 2 rings (SSSR count). The van der Waals surface area contributed by atoms with Gasteiger partial charge in [0.1, 0.15) is 0 Å². The Morgan fingerprint density at radius 3 is 2.58 bits per heavy atom. The lowest BCUT2D eigenvalue weighted by atomic mass is 10.2. The molecule has 1 atom stereocenters. The van der Waals surface area contributed by atoms with E-state index in [-0.39, 0.29) is 0 Å². The largest absolute Gasteiger partial charge is 0.300 e. The van der Waals surface area contributed by atoms with Gasteiger partial charge in [0.15, 0.2) is 0 Å². The third-order valence-corrected chi connectivity index (χ3v) is 5.24. The predicted octanol–water partition coefficient (Wildman–Crippen LogP) is 2.41. The number of hydrogen-bond acceptors (Lipinski definition) is 3. The number of aryl methyl sites for hydroxylation is 2. The SMILES string of the molecule is CCN(CC)C1CCN(Cc2c(Br)c(C)nn2C)C1. The minimum Gasteiger partial charge on any atom is -0.300 e. The fourth-order valence-corrected chi connectivity index (χ4v) is 3.52. The Morgan fingerprint density at radius 1 is 1.37 bits per heavy atom. The van der Waals surface area contributed by atoms with Gasteiger partial charge in [0, 0.05) is 32.7 Å². The van der Waals surface area contributed by atoms with Crippen molar-refractivity contribution in [3.05, 3.63) is 15.9 Å². The van der Waals surface area contributed by atoms with Crippen LogP contribution in [-0.2, 0) is 13.6 Å². The van der Waals surface area contributed by atoms with Crippen molar-refractivity contribution < 1.29 is 0 Å². The molecular formula is C14H25BrN4. The molecule has 1 unspecified atom stereocenters. The summed E-state index contributed by atoms with van der Waals surface area (Å²) in [5.41, 5.74) is 2.37. The molecule has 1 aliphatic rings. The van der Waals surface area contributed by atoms with E-state index in [1.807, 2.05) is 11.7 Å². The van der Waals surface area contributed by atoms with Gasteiger partial charge in [-0.25, -0.2) is 0 Å². The van der Waals surface area contributed by atoms with E-state index in [0.717, 1.165) is 31.4 Å². The molecule has 0 aliphatic carbocycles. The van der Waals surface area contributed by atoms with Crippen LogP contribution in [-0.4, -0.2) is 51.8 Å². The van der Waals surface area contributed by atoms with Crippen molar-refractivity contribution in [1.29, 1.82) is 0 Å². The molecule has 108 valence electrons. The van der Waals surface area contributed by atoms with Gasteiger partial charge in [-0.2, -0.15) is 5.10 Å². The van der Waals surface area contributed by atoms with Crippen LogP contribution in [0.4, 0.5) is 0 Å². The van der Waals surface area contributed by atoms with Crippen LogP contribution in [0.1, 0.15) is 31.7 Å². The Kier molecular flexibility index (Phi) is 5.03. The summed E-state index contributed by atoms with van der Waals surface area (Å²) in [5.74, 6) is 0. The highest BCUT2D eigenvalue weighted by Gasteiger charge is 2.27. The topological polar surface area (TPSA) is 24.3 Å². The van der Waals surface area contributed by atoms with Gasteiger partial charge in [0.25, 0.3) is 0 Å². The molecule has 1 aromatic heterocycles. The van der Waals surface area contributed by atoms with Crippen molar-refractivity contribution in [1.82, 2.24) is 19.6 Å². The van der Waals surface area contributed by atoms with Crippen LogP contribution in [0.3, 0.4) is 0 Å². The van der Waals surface area contributed by atoms with Gasteiger partial charge in [-0.15, -0.1) is 0 Å². The molecule has 1 aliphatic heterocycles. The third kappa shape index (κ3) is 3.20. The van der Waals surface area contributed by atoms with Gasteiger partial charge in [-0.1, -0.05) is 13.8 Å². The average Bonchev–Trinajstić information content (AvgIpc) is 2.93. The minimum atomic E-state index is 0.725. The summed E-state index contributed by atoms with van der Waals surface area (Å²) in [6.45, 7) is 12.2. The second-order valence-corrected chi connectivity index (χ2v) is 6.16. The van der Waals surface area contributed by atoms with Gasteiger partial charge in [-0.3, -0.25) is 14.5 Å². The lowest BCUT2D eigenvalue weighted by Gasteiger charge is -2.26. The molecule has 5 heteroatoms. The zero-order chi connectivity index (χ0) is 14.0. The quantitative estimate of drug-likeness (QED) is 0.829. The molecule has 4 nitrogen and oxygen atoms in total. The van der Waals surface area contributed by atoms with Crippen molar-refractivity contribution in [2.45, 2.75) is 39.8 Å². The number of likely N-dealkylation sites (N-methyl/N-ethyl adjacent to an activating group) is 1. The number of nitrogens with zero attached hydrogens (tertiary/aromatic N) is 4. The van der Waals surface area contributed by atoms with E-state index in [1.165, 1.54) is 29.7 Å². The lowest BCUT2D eigenvalue weighted by molar-refractivity contribution is 0.207. The van der Waals surface area contributed by atoms with Crippen LogP contribution in [0.25, 0.3) is 0 Å². The molecule has 0 spiro atoms. The number of rotatable bonds is 5. The van der Waals surface area contributed by atoms with Crippen molar-refractivity contribution in [3.63, 3.8) is 0 Å². The van der Waals surface area contributed by atoms with Crippen LogP contribution < -0.4 is 0 Å². The standard InChI is InChI=1S/C14H25BrN4/c1-5-19(6-2)12-7-8-18(9-12)10-13-14(15)11(3)16-17(13)4/h12H,5-10H2,1-4H3. The molecule has 19 heavy (non-hydrogen) atoms. The fourth-order valence-electron chi connectivity index (χ4n) is 3.06. The first kappa shape index (κ1) is 15.0. The Morgan fingerprint density at radius 2 is 2.05 bits per heavy atom. The Hall–Kier alpha value is -0.390. The van der Waals surface area contributed by atoms with Crippen molar-refractivity contribution in [2.24, 2.45) is 7.05 Å². The molecule has 1 aromatic rings. The summed E-state index contributed by atoms with van der Waals surface area (Å²) in [6.07, 6.45) is 1.29. The highest BCUT2D eigenvalue weighted by atomic mass is 79.9. The molecule has 1 saturated heterocycles. The Labute approximate surface area is 124 Å². The van der Waals surface area contributed by atoms with E-state index in [1.54, 1.807) is 0 Å². The summed E-state index contributed by atoms with van der Waals surface area (Å²) in [7, 11) is 2.03. The van der Waals surface area contributed by atoms with Crippen LogP contribution in [0.15, 0.2) is 4.47 Å². The molecular weight excluding hydrogens is 304 g/mol. The summed E-state index contributed by atoms with van der Waals surface area (Å²) in [4.78, 5) is 5.12. The first-order chi connectivity index (χ1) is 9.06. The smallest absolute Gasteiger partial charge is 0.0739 e. The average molecular weight is 329 g/mol. The van der Waals surface area contributed by atoms with Gasteiger partial charge in [-0.05, 0) is 42.4 Å². The maximum atomic E-state index is 4.47. The number of halogens is 1. The monoisotopic (exact) mass is 328 g/mol. The number of aromatic nitrogens is 2. The highest BCUT2D eigenvalue weighted by molar-refractivity contribution is 9.10. The van der Waals surface area contributed by atoms with Crippen LogP contribution in [0, 0.1) is 6.92 Å². The maximum Gasteiger partial charge on any atom is 0.0739 e. The molecule has 2 heterocycles. The second-order valence-electron chi connectivity index (χ2n) is 5.37. The van der Waals surface area contributed by atoms with Crippen LogP contribution in [0.5, 0.6) is 0 Å². The molecule has 0 aromatic carbocycles. The van der Waals surface area contributed by atoms with Gasteiger partial charge < -0.3 is 0 Å². The second kappa shape index (κ2) is 6.37. The lowest BCUT2D eigenvalue weighted by Crippen LogP contribution is -2.37. The molecule has 0 N–H and O–H groups in total. The van der Waals surface area contributed by atoms with E-state index in [9.17, 15) is 0 Å². The molecule has 0 bridgehead atoms.